The van der Waals surface area contributed by atoms with Gasteiger partial charge in [-0.05, 0) is 26.0 Å². The molecule has 2 unspecified atom stereocenters. The lowest BCUT2D eigenvalue weighted by Crippen LogP contribution is -2.28. The van der Waals surface area contributed by atoms with Gasteiger partial charge in [-0.15, -0.1) is 0 Å². The number of aromatic nitrogens is 4. The second kappa shape index (κ2) is 11.0. The lowest BCUT2D eigenvalue weighted by molar-refractivity contribution is -0.151. The number of anilines is 1. The SMILES string of the molecule is CC(C)OC(=O)[C@H](C)CP(=O)(OC[C@H]1O[C@@H](n2cnc3c(=O)[nH]c(N)nc32)CC1O)Oc1ccccc1. The Hall–Kier alpha value is -3.25. The van der Waals surface area contributed by atoms with Crippen molar-refractivity contribution in [2.45, 2.75) is 51.7 Å². The number of carbonyl (C=O) groups excluding carboxylic acids is 1. The van der Waals surface area contributed by atoms with Crippen LogP contribution in [-0.2, 0) is 23.4 Å². The van der Waals surface area contributed by atoms with Crippen molar-refractivity contribution in [3.63, 3.8) is 0 Å². The van der Waals surface area contributed by atoms with E-state index in [2.05, 4.69) is 15.0 Å². The highest BCUT2D eigenvalue weighted by molar-refractivity contribution is 7.54. The van der Waals surface area contributed by atoms with E-state index < -0.39 is 43.5 Å². The number of ether oxygens (including phenoxy) is 2. The van der Waals surface area contributed by atoms with Crippen LogP contribution in [0.25, 0.3) is 11.2 Å². The molecule has 3 aromatic rings. The van der Waals surface area contributed by atoms with Crippen molar-refractivity contribution in [3.05, 3.63) is 47.0 Å². The third-order valence-electron chi connectivity index (χ3n) is 5.64. The third-order valence-corrected chi connectivity index (χ3v) is 7.67. The number of para-hydroxylation sites is 1. The number of rotatable bonds is 10. The van der Waals surface area contributed by atoms with E-state index >= 15 is 0 Å². The fraction of sp³-hybridized carbons (Fsp3) is 0.478. The third kappa shape index (κ3) is 6.37. The first-order chi connectivity index (χ1) is 17.5. The van der Waals surface area contributed by atoms with Gasteiger partial charge in [-0.2, -0.15) is 4.98 Å². The summed E-state index contributed by atoms with van der Waals surface area (Å²) in [6, 6.07) is 8.45. The van der Waals surface area contributed by atoms with Crippen molar-refractivity contribution in [2.24, 2.45) is 5.92 Å². The van der Waals surface area contributed by atoms with Crippen LogP contribution in [0.5, 0.6) is 5.75 Å². The Bertz CT molecular complexity index is 1340. The maximum absolute atomic E-state index is 13.7. The Balaban J connectivity index is 1.48. The Kier molecular flexibility index (Phi) is 7.98. The summed E-state index contributed by atoms with van der Waals surface area (Å²) >= 11 is 0. The molecule has 3 heterocycles. The summed E-state index contributed by atoms with van der Waals surface area (Å²) in [6.07, 6.45) is -1.66. The number of imidazole rings is 1. The van der Waals surface area contributed by atoms with Crippen molar-refractivity contribution in [1.29, 1.82) is 0 Å². The highest BCUT2D eigenvalue weighted by Gasteiger charge is 2.40. The first-order valence-electron chi connectivity index (χ1n) is 11.8. The summed E-state index contributed by atoms with van der Waals surface area (Å²) < 4.78 is 37.9. The van der Waals surface area contributed by atoms with E-state index in [4.69, 9.17) is 24.3 Å². The summed E-state index contributed by atoms with van der Waals surface area (Å²) in [6.45, 7) is 4.74. The minimum Gasteiger partial charge on any atom is -0.463 e. The van der Waals surface area contributed by atoms with Gasteiger partial charge in [0.15, 0.2) is 11.2 Å². The average Bonchev–Trinajstić information content (AvgIpc) is 3.41. The molecule has 2 aromatic heterocycles. The molecule has 200 valence electrons. The summed E-state index contributed by atoms with van der Waals surface area (Å²) in [4.78, 5) is 35.0. The fourth-order valence-corrected chi connectivity index (χ4v) is 5.76. The van der Waals surface area contributed by atoms with Crippen LogP contribution in [0.15, 0.2) is 41.5 Å². The van der Waals surface area contributed by atoms with Crippen LogP contribution in [0, 0.1) is 5.92 Å². The lowest BCUT2D eigenvalue weighted by atomic mass is 10.2. The molecule has 5 atom stereocenters. The van der Waals surface area contributed by atoms with Crippen molar-refractivity contribution in [1.82, 2.24) is 19.5 Å². The molecule has 1 aliphatic rings. The van der Waals surface area contributed by atoms with Crippen molar-refractivity contribution in [2.75, 3.05) is 18.5 Å². The van der Waals surface area contributed by atoms with Crippen molar-refractivity contribution >= 4 is 30.7 Å². The zero-order valence-corrected chi connectivity index (χ0v) is 21.5. The van der Waals surface area contributed by atoms with E-state index in [-0.39, 0.29) is 42.4 Å². The first kappa shape index (κ1) is 26.8. The molecule has 1 aliphatic heterocycles. The number of carbonyl (C=O) groups is 1. The molecule has 4 N–H and O–H groups in total. The minimum absolute atomic E-state index is 0.0787. The summed E-state index contributed by atoms with van der Waals surface area (Å²) in [5.74, 6) is -1.07. The molecule has 4 rings (SSSR count). The highest BCUT2D eigenvalue weighted by Crippen LogP contribution is 2.50. The zero-order valence-electron chi connectivity index (χ0n) is 20.6. The number of nitrogens with two attached hydrogens (primary N) is 1. The molecule has 0 radical (unpaired) electrons. The number of benzene rings is 1. The van der Waals surface area contributed by atoms with Crippen LogP contribution in [0.1, 0.15) is 33.4 Å². The quantitative estimate of drug-likeness (QED) is 0.256. The molecular formula is C23H30N5O8P. The second-order valence-corrected chi connectivity index (χ2v) is 11.1. The molecule has 0 bridgehead atoms. The predicted octanol–water partition coefficient (Wildman–Crippen LogP) is 2.23. The van der Waals surface area contributed by atoms with Gasteiger partial charge in [-0.25, -0.2) is 9.55 Å². The van der Waals surface area contributed by atoms with Crippen LogP contribution >= 0.6 is 7.60 Å². The molecule has 14 heteroatoms. The van der Waals surface area contributed by atoms with Crippen LogP contribution < -0.4 is 15.8 Å². The van der Waals surface area contributed by atoms with Crippen LogP contribution in [0.3, 0.4) is 0 Å². The zero-order chi connectivity index (χ0) is 26.7. The number of hydrogen-bond donors (Lipinski definition) is 3. The number of H-pyrrole nitrogens is 1. The van der Waals surface area contributed by atoms with E-state index in [9.17, 15) is 19.3 Å². The summed E-state index contributed by atoms with van der Waals surface area (Å²) in [5.41, 5.74) is 5.44. The number of nitrogens with one attached hydrogen (secondary N) is 1. The molecule has 1 aromatic carbocycles. The normalized spacial score (nSPS) is 22.1. The Labute approximate surface area is 212 Å². The van der Waals surface area contributed by atoms with Crippen molar-refractivity contribution < 1.29 is 33.0 Å². The van der Waals surface area contributed by atoms with Gasteiger partial charge in [-0.1, -0.05) is 25.1 Å². The molecular weight excluding hydrogens is 505 g/mol. The highest BCUT2D eigenvalue weighted by atomic mass is 31.2. The standard InChI is InChI=1S/C23H30N5O8P/c1-13(2)34-22(31)14(3)11-37(32,36-15-7-5-4-6-8-15)33-10-17-16(29)9-18(35-17)28-12-25-19-20(28)26-23(24)27-21(19)30/h4-8,12-14,16-18,29H,9-11H2,1-3H3,(H3,24,26,27,30)/t14-,16?,17-,18-,37?/m1/s1. The number of esters is 1. The maximum atomic E-state index is 13.7. The van der Waals surface area contributed by atoms with Gasteiger partial charge in [-0.3, -0.25) is 23.7 Å². The number of nitrogens with zero attached hydrogens (tertiary/aromatic N) is 3. The van der Waals surface area contributed by atoms with Gasteiger partial charge in [0.1, 0.15) is 18.1 Å². The van der Waals surface area contributed by atoms with E-state index in [1.165, 1.54) is 10.9 Å². The van der Waals surface area contributed by atoms with E-state index in [1.54, 1.807) is 51.1 Å². The molecule has 1 saturated heterocycles. The Morgan fingerprint density at radius 3 is 2.76 bits per heavy atom. The maximum Gasteiger partial charge on any atom is 0.380 e. The monoisotopic (exact) mass is 535 g/mol. The fourth-order valence-electron chi connectivity index (χ4n) is 3.89. The summed E-state index contributed by atoms with van der Waals surface area (Å²) in [5, 5.41) is 10.6. The topological polar surface area (TPSA) is 181 Å². The van der Waals surface area contributed by atoms with Gasteiger partial charge in [0.05, 0.1) is 37.2 Å². The largest absolute Gasteiger partial charge is 0.463 e. The molecule has 0 amide bonds. The molecule has 0 aliphatic carbocycles. The lowest BCUT2D eigenvalue weighted by Gasteiger charge is -2.24. The van der Waals surface area contributed by atoms with Crippen molar-refractivity contribution in [3.8, 4) is 5.75 Å². The molecule has 13 nitrogen and oxygen atoms in total. The van der Waals surface area contributed by atoms with E-state index in [0.717, 1.165) is 0 Å². The molecule has 1 fully saturated rings. The Morgan fingerprint density at radius 1 is 1.32 bits per heavy atom. The number of aliphatic hydroxyl groups excluding tert-OH is 1. The number of hydrogen-bond acceptors (Lipinski definition) is 11. The van der Waals surface area contributed by atoms with Gasteiger partial charge in [0.25, 0.3) is 5.56 Å². The number of fused-ring (bicyclic) bond motifs is 1. The van der Waals surface area contributed by atoms with Crippen LogP contribution in [0.2, 0.25) is 0 Å². The number of aliphatic hydroxyl groups is 1. The number of aromatic amines is 1. The smallest absolute Gasteiger partial charge is 0.380 e. The summed E-state index contributed by atoms with van der Waals surface area (Å²) in [7, 11) is -3.89. The minimum atomic E-state index is -3.89. The molecule has 37 heavy (non-hydrogen) atoms. The van der Waals surface area contributed by atoms with E-state index in [0.29, 0.717) is 5.75 Å². The first-order valence-corrected chi connectivity index (χ1v) is 13.5. The number of nitrogen functional groups attached to an aromatic ring is 1. The van der Waals surface area contributed by atoms with Crippen LogP contribution in [0.4, 0.5) is 5.95 Å². The Morgan fingerprint density at radius 2 is 2.05 bits per heavy atom. The van der Waals surface area contributed by atoms with Gasteiger partial charge in [0.2, 0.25) is 5.95 Å². The molecule has 0 saturated carbocycles. The van der Waals surface area contributed by atoms with E-state index in [1.807, 2.05) is 0 Å². The van der Waals surface area contributed by atoms with Gasteiger partial charge < -0.3 is 24.8 Å². The second-order valence-electron chi connectivity index (χ2n) is 9.09. The average molecular weight is 535 g/mol. The van der Waals surface area contributed by atoms with Gasteiger partial charge >= 0.3 is 13.6 Å². The predicted molar refractivity (Wildman–Crippen MR) is 133 cm³/mol. The van der Waals surface area contributed by atoms with Crippen LogP contribution in [-0.4, -0.2) is 61.7 Å². The van der Waals surface area contributed by atoms with Gasteiger partial charge in [0, 0.05) is 6.42 Å². The molecule has 0 spiro atoms.